The molecule has 0 aliphatic carbocycles. The van der Waals surface area contributed by atoms with Gasteiger partial charge in [-0.2, -0.15) is 0 Å². The lowest BCUT2D eigenvalue weighted by Crippen LogP contribution is -2.28. The van der Waals surface area contributed by atoms with Crippen LogP contribution in [0.1, 0.15) is 43.2 Å². The minimum atomic E-state index is -0.372. The summed E-state index contributed by atoms with van der Waals surface area (Å²) in [4.78, 5) is 27.3. The molecular formula is C20H28N6OS. The van der Waals surface area contributed by atoms with E-state index in [0.29, 0.717) is 16.7 Å². The molecule has 8 heteroatoms. The SMILES string of the molecule is CC.CN(C)c1cnc(C(=O)Nc2cccc(C3(C)CCSC(N)=N3)c2)cn1. The zero-order valence-electron chi connectivity index (χ0n) is 17.1. The summed E-state index contributed by atoms with van der Waals surface area (Å²) in [5, 5.41) is 3.48. The first-order chi connectivity index (χ1) is 13.4. The lowest BCUT2D eigenvalue weighted by molar-refractivity contribution is 0.102. The molecule has 1 aliphatic heterocycles. The average Bonchev–Trinajstić information content (AvgIpc) is 2.69. The van der Waals surface area contributed by atoms with Gasteiger partial charge in [-0.3, -0.25) is 9.79 Å². The summed E-state index contributed by atoms with van der Waals surface area (Å²) >= 11 is 1.57. The molecule has 2 heterocycles. The van der Waals surface area contributed by atoms with Crippen LogP contribution in [0.15, 0.2) is 41.7 Å². The quantitative estimate of drug-likeness (QED) is 0.815. The first kappa shape index (κ1) is 21.7. The summed E-state index contributed by atoms with van der Waals surface area (Å²) in [5.41, 5.74) is 7.51. The molecule has 1 amide bonds. The van der Waals surface area contributed by atoms with Crippen LogP contribution in [0.5, 0.6) is 0 Å². The average molecular weight is 401 g/mol. The highest BCUT2D eigenvalue weighted by molar-refractivity contribution is 8.13. The first-order valence-electron chi connectivity index (χ1n) is 9.27. The fraction of sp³-hybridized carbons (Fsp3) is 0.400. The third kappa shape index (κ3) is 5.22. The predicted octanol–water partition coefficient (Wildman–Crippen LogP) is 3.49. The second kappa shape index (κ2) is 9.54. The molecule has 3 rings (SSSR count). The summed E-state index contributed by atoms with van der Waals surface area (Å²) in [6.07, 6.45) is 3.94. The van der Waals surface area contributed by atoms with Gasteiger partial charge in [0, 0.05) is 25.5 Å². The lowest BCUT2D eigenvalue weighted by atomic mass is 9.89. The van der Waals surface area contributed by atoms with Gasteiger partial charge in [0.1, 0.15) is 11.5 Å². The number of carbonyl (C=O) groups is 1. The van der Waals surface area contributed by atoms with E-state index in [0.717, 1.165) is 17.7 Å². The van der Waals surface area contributed by atoms with Gasteiger partial charge in [0.2, 0.25) is 0 Å². The Labute approximate surface area is 170 Å². The number of nitrogens with two attached hydrogens (primary N) is 1. The summed E-state index contributed by atoms with van der Waals surface area (Å²) < 4.78 is 0. The number of amidine groups is 1. The molecule has 0 saturated heterocycles. The van der Waals surface area contributed by atoms with Gasteiger partial charge in [-0.1, -0.05) is 37.7 Å². The Kier molecular flexibility index (Phi) is 7.39. The molecular weight excluding hydrogens is 372 g/mol. The number of anilines is 2. The Balaban J connectivity index is 0.00000136. The highest BCUT2D eigenvalue weighted by Gasteiger charge is 2.29. The lowest BCUT2D eigenvalue weighted by Gasteiger charge is -2.30. The van der Waals surface area contributed by atoms with Crippen molar-refractivity contribution in [2.75, 3.05) is 30.1 Å². The Morgan fingerprint density at radius 3 is 2.61 bits per heavy atom. The fourth-order valence-electron chi connectivity index (χ4n) is 2.69. The summed E-state index contributed by atoms with van der Waals surface area (Å²) in [7, 11) is 3.74. The molecule has 7 nitrogen and oxygen atoms in total. The van der Waals surface area contributed by atoms with Crippen LogP contribution < -0.4 is 16.0 Å². The topological polar surface area (TPSA) is 96.5 Å². The maximum absolute atomic E-state index is 12.4. The van der Waals surface area contributed by atoms with Crippen LogP contribution in [-0.4, -0.2) is 40.9 Å². The van der Waals surface area contributed by atoms with Crippen LogP contribution >= 0.6 is 11.8 Å². The molecule has 1 unspecified atom stereocenters. The van der Waals surface area contributed by atoms with Gasteiger partial charge in [0.05, 0.1) is 17.9 Å². The smallest absolute Gasteiger partial charge is 0.275 e. The number of benzene rings is 1. The minimum absolute atomic E-state index is 0.267. The zero-order valence-corrected chi connectivity index (χ0v) is 17.9. The minimum Gasteiger partial charge on any atom is -0.379 e. The highest BCUT2D eigenvalue weighted by Crippen LogP contribution is 2.35. The molecule has 0 fully saturated rings. The normalized spacial score (nSPS) is 18.4. The number of thioether (sulfide) groups is 1. The Morgan fingerprint density at radius 2 is 2.00 bits per heavy atom. The van der Waals surface area contributed by atoms with Gasteiger partial charge in [0.15, 0.2) is 5.17 Å². The Morgan fingerprint density at radius 1 is 1.25 bits per heavy atom. The van der Waals surface area contributed by atoms with Crippen molar-refractivity contribution in [2.24, 2.45) is 10.7 Å². The van der Waals surface area contributed by atoms with Crippen molar-refractivity contribution < 1.29 is 4.79 Å². The van der Waals surface area contributed by atoms with E-state index in [1.807, 2.05) is 57.1 Å². The maximum atomic E-state index is 12.4. The zero-order chi connectivity index (χ0) is 20.7. The molecule has 0 spiro atoms. The molecule has 3 N–H and O–H groups in total. The molecule has 1 atom stereocenters. The van der Waals surface area contributed by atoms with Gasteiger partial charge in [0.25, 0.3) is 5.91 Å². The summed E-state index contributed by atoms with van der Waals surface area (Å²) in [6.45, 7) is 6.06. The molecule has 1 aromatic carbocycles. The first-order valence-corrected chi connectivity index (χ1v) is 10.3. The van der Waals surface area contributed by atoms with Crippen LogP contribution in [0.25, 0.3) is 0 Å². The molecule has 1 aliphatic rings. The van der Waals surface area contributed by atoms with E-state index in [4.69, 9.17) is 5.73 Å². The number of nitrogens with zero attached hydrogens (tertiary/aromatic N) is 4. The van der Waals surface area contributed by atoms with Crippen molar-refractivity contribution in [3.05, 3.63) is 47.9 Å². The van der Waals surface area contributed by atoms with E-state index in [1.165, 1.54) is 6.20 Å². The van der Waals surface area contributed by atoms with Crippen LogP contribution in [0.4, 0.5) is 11.5 Å². The van der Waals surface area contributed by atoms with E-state index in [1.54, 1.807) is 18.0 Å². The van der Waals surface area contributed by atoms with Crippen LogP contribution in [0.3, 0.4) is 0 Å². The number of amides is 1. The number of carbonyl (C=O) groups excluding carboxylic acids is 1. The molecule has 0 radical (unpaired) electrons. The van der Waals surface area contributed by atoms with Crippen molar-refractivity contribution >= 4 is 34.3 Å². The predicted molar refractivity (Wildman–Crippen MR) is 118 cm³/mol. The number of aromatic nitrogens is 2. The van der Waals surface area contributed by atoms with Gasteiger partial charge in [-0.05, 0) is 31.0 Å². The molecule has 28 heavy (non-hydrogen) atoms. The van der Waals surface area contributed by atoms with Crippen molar-refractivity contribution in [1.82, 2.24) is 9.97 Å². The molecule has 0 saturated carbocycles. The molecule has 150 valence electrons. The van der Waals surface area contributed by atoms with E-state index < -0.39 is 0 Å². The van der Waals surface area contributed by atoms with Crippen molar-refractivity contribution in [3.63, 3.8) is 0 Å². The standard InChI is InChI=1S/C18H22N6OS.C2H6/c1-18(7-8-26-17(19)23-18)12-5-4-6-13(9-12)22-16(25)14-10-21-15(11-20-14)24(2)3;1-2/h4-6,9-11H,7-8H2,1-3H3,(H2,19,23)(H,22,25);1-2H3. The van der Waals surface area contributed by atoms with Crippen LogP contribution in [0.2, 0.25) is 0 Å². The van der Waals surface area contributed by atoms with E-state index in [2.05, 4.69) is 27.2 Å². The van der Waals surface area contributed by atoms with Gasteiger partial charge in [-0.15, -0.1) is 0 Å². The fourth-order valence-corrected chi connectivity index (χ4v) is 3.67. The van der Waals surface area contributed by atoms with Crippen molar-refractivity contribution in [2.45, 2.75) is 32.7 Å². The third-order valence-electron chi connectivity index (χ3n) is 4.27. The molecule has 2 aromatic rings. The third-order valence-corrected chi connectivity index (χ3v) is 5.06. The van der Waals surface area contributed by atoms with E-state index in [9.17, 15) is 4.79 Å². The Bertz CT molecular complexity index is 837. The van der Waals surface area contributed by atoms with Crippen molar-refractivity contribution in [1.29, 1.82) is 0 Å². The van der Waals surface area contributed by atoms with E-state index >= 15 is 0 Å². The summed E-state index contributed by atoms with van der Waals surface area (Å²) in [5.74, 6) is 1.32. The van der Waals surface area contributed by atoms with Gasteiger partial charge >= 0.3 is 0 Å². The van der Waals surface area contributed by atoms with Gasteiger partial charge < -0.3 is 16.0 Å². The highest BCUT2D eigenvalue weighted by atomic mass is 32.2. The Hall–Kier alpha value is -2.61. The second-order valence-corrected chi connectivity index (χ2v) is 7.63. The molecule has 0 bridgehead atoms. The summed E-state index contributed by atoms with van der Waals surface area (Å²) in [6, 6.07) is 7.70. The second-order valence-electron chi connectivity index (χ2n) is 6.51. The maximum Gasteiger partial charge on any atom is 0.275 e. The number of hydrogen-bond donors (Lipinski definition) is 2. The number of hydrogen-bond acceptors (Lipinski definition) is 7. The van der Waals surface area contributed by atoms with Crippen LogP contribution in [-0.2, 0) is 5.54 Å². The van der Waals surface area contributed by atoms with E-state index in [-0.39, 0.29) is 17.1 Å². The van der Waals surface area contributed by atoms with Crippen molar-refractivity contribution in [3.8, 4) is 0 Å². The molecule has 1 aromatic heterocycles. The number of aliphatic imine (C=N–C) groups is 1. The monoisotopic (exact) mass is 400 g/mol. The number of rotatable bonds is 4. The van der Waals surface area contributed by atoms with Crippen LogP contribution in [0, 0.1) is 0 Å². The number of nitrogens with one attached hydrogen (secondary N) is 1. The van der Waals surface area contributed by atoms with Gasteiger partial charge in [-0.25, -0.2) is 9.97 Å². The largest absolute Gasteiger partial charge is 0.379 e.